The van der Waals surface area contributed by atoms with Crippen molar-refractivity contribution in [2.75, 3.05) is 7.11 Å². The molecule has 0 spiro atoms. The van der Waals surface area contributed by atoms with Gasteiger partial charge in [-0.25, -0.2) is 0 Å². The standard InChI is InChI=1S/C18H16O4/c1-10-8-11(2)17-14(9-10)15(19)16(20)18(22-17)12-4-6-13(21-3)7-5-12/h4-9,20H,1-3H3. The number of hydrogen-bond donors (Lipinski definition) is 1. The van der Waals surface area contributed by atoms with Crippen LogP contribution in [0.4, 0.5) is 0 Å². The molecule has 3 rings (SSSR count). The number of aromatic hydroxyl groups is 1. The third-order valence-electron chi connectivity index (χ3n) is 3.65. The molecule has 0 unspecified atom stereocenters. The van der Waals surface area contributed by atoms with Gasteiger partial charge in [-0.15, -0.1) is 0 Å². The third kappa shape index (κ3) is 2.22. The summed E-state index contributed by atoms with van der Waals surface area (Å²) in [5.41, 5.74) is 2.52. The summed E-state index contributed by atoms with van der Waals surface area (Å²) < 4.78 is 10.9. The second kappa shape index (κ2) is 5.22. The lowest BCUT2D eigenvalue weighted by atomic mass is 10.1. The zero-order valence-corrected chi connectivity index (χ0v) is 12.6. The number of methoxy groups -OCH3 is 1. The van der Waals surface area contributed by atoms with Gasteiger partial charge in [0.1, 0.15) is 11.3 Å². The first-order valence-corrected chi connectivity index (χ1v) is 6.92. The van der Waals surface area contributed by atoms with Gasteiger partial charge < -0.3 is 14.3 Å². The van der Waals surface area contributed by atoms with E-state index < -0.39 is 5.43 Å². The number of fused-ring (bicyclic) bond motifs is 1. The SMILES string of the molecule is COc1ccc(-c2oc3c(C)cc(C)cc3c(=O)c2O)cc1. The number of ether oxygens (including phenoxy) is 1. The average molecular weight is 296 g/mol. The van der Waals surface area contributed by atoms with Crippen LogP contribution in [-0.2, 0) is 0 Å². The van der Waals surface area contributed by atoms with Gasteiger partial charge in [0.05, 0.1) is 12.5 Å². The van der Waals surface area contributed by atoms with Crippen LogP contribution in [0.15, 0.2) is 45.6 Å². The Morgan fingerprint density at radius 1 is 1.09 bits per heavy atom. The lowest BCUT2D eigenvalue weighted by Gasteiger charge is -2.09. The van der Waals surface area contributed by atoms with E-state index >= 15 is 0 Å². The van der Waals surface area contributed by atoms with E-state index in [2.05, 4.69) is 0 Å². The minimum absolute atomic E-state index is 0.173. The van der Waals surface area contributed by atoms with Crippen molar-refractivity contribution in [2.45, 2.75) is 13.8 Å². The fraction of sp³-hybridized carbons (Fsp3) is 0.167. The van der Waals surface area contributed by atoms with Crippen LogP contribution in [0.1, 0.15) is 11.1 Å². The van der Waals surface area contributed by atoms with Crippen molar-refractivity contribution >= 4 is 11.0 Å². The summed E-state index contributed by atoms with van der Waals surface area (Å²) in [5.74, 6) is 0.493. The Bertz CT molecular complexity index is 905. The molecule has 3 aromatic rings. The maximum Gasteiger partial charge on any atom is 0.235 e. The van der Waals surface area contributed by atoms with E-state index in [0.29, 0.717) is 22.3 Å². The molecular weight excluding hydrogens is 280 g/mol. The number of hydrogen-bond acceptors (Lipinski definition) is 4. The van der Waals surface area contributed by atoms with Crippen molar-refractivity contribution in [3.8, 4) is 22.8 Å². The second-order valence-corrected chi connectivity index (χ2v) is 5.30. The van der Waals surface area contributed by atoms with E-state index in [9.17, 15) is 9.90 Å². The van der Waals surface area contributed by atoms with Gasteiger partial charge in [0, 0.05) is 5.56 Å². The molecular formula is C18H16O4. The average Bonchev–Trinajstić information content (AvgIpc) is 2.51. The highest BCUT2D eigenvalue weighted by Gasteiger charge is 2.16. The number of rotatable bonds is 2. The van der Waals surface area contributed by atoms with E-state index in [1.807, 2.05) is 19.9 Å². The molecule has 4 heteroatoms. The van der Waals surface area contributed by atoms with E-state index in [1.54, 1.807) is 37.4 Å². The van der Waals surface area contributed by atoms with Gasteiger partial charge in [-0.1, -0.05) is 6.07 Å². The number of benzene rings is 2. The molecule has 0 radical (unpaired) electrons. The highest BCUT2D eigenvalue weighted by atomic mass is 16.5. The monoisotopic (exact) mass is 296 g/mol. The Balaban J connectivity index is 2.30. The van der Waals surface area contributed by atoms with E-state index in [4.69, 9.17) is 9.15 Å². The van der Waals surface area contributed by atoms with Crippen molar-refractivity contribution in [1.29, 1.82) is 0 Å². The molecule has 2 aromatic carbocycles. The molecule has 0 saturated heterocycles. The first kappa shape index (κ1) is 14.2. The molecule has 0 saturated carbocycles. The van der Waals surface area contributed by atoms with Crippen LogP contribution in [0.5, 0.6) is 11.5 Å². The molecule has 0 bridgehead atoms. The summed E-state index contributed by atoms with van der Waals surface area (Å²) >= 11 is 0. The number of aryl methyl sites for hydroxylation is 2. The topological polar surface area (TPSA) is 59.7 Å². The minimum Gasteiger partial charge on any atom is -0.502 e. The molecule has 0 fully saturated rings. The molecule has 1 N–H and O–H groups in total. The maximum absolute atomic E-state index is 12.4. The van der Waals surface area contributed by atoms with E-state index in [0.717, 1.165) is 11.1 Å². The van der Waals surface area contributed by atoms with Gasteiger partial charge in [-0.3, -0.25) is 4.79 Å². The molecule has 0 aliphatic carbocycles. The van der Waals surface area contributed by atoms with Crippen LogP contribution in [0.2, 0.25) is 0 Å². The molecule has 1 heterocycles. The van der Waals surface area contributed by atoms with Crippen LogP contribution in [0.25, 0.3) is 22.3 Å². The first-order valence-electron chi connectivity index (χ1n) is 6.92. The quantitative estimate of drug-likeness (QED) is 0.781. The Kier molecular flexibility index (Phi) is 3.37. The fourth-order valence-electron chi connectivity index (χ4n) is 2.58. The second-order valence-electron chi connectivity index (χ2n) is 5.30. The summed E-state index contributed by atoms with van der Waals surface area (Å²) in [5, 5.41) is 10.6. The third-order valence-corrected chi connectivity index (χ3v) is 3.65. The van der Waals surface area contributed by atoms with Crippen molar-refractivity contribution in [3.05, 3.63) is 57.7 Å². The lowest BCUT2D eigenvalue weighted by molar-refractivity contribution is 0.414. The molecule has 4 nitrogen and oxygen atoms in total. The van der Waals surface area contributed by atoms with Gasteiger partial charge >= 0.3 is 0 Å². The van der Waals surface area contributed by atoms with Gasteiger partial charge in [0.25, 0.3) is 0 Å². The van der Waals surface area contributed by atoms with E-state index in [1.165, 1.54) is 0 Å². The van der Waals surface area contributed by atoms with E-state index in [-0.39, 0.29) is 11.5 Å². The smallest absolute Gasteiger partial charge is 0.235 e. The van der Waals surface area contributed by atoms with Crippen molar-refractivity contribution in [2.24, 2.45) is 0 Å². The van der Waals surface area contributed by atoms with Gasteiger partial charge in [0.2, 0.25) is 11.2 Å². The lowest BCUT2D eigenvalue weighted by Crippen LogP contribution is -2.04. The molecule has 0 aliphatic heterocycles. The molecule has 1 aromatic heterocycles. The predicted octanol–water partition coefficient (Wildman–Crippen LogP) is 3.79. The molecule has 0 amide bonds. The highest BCUT2D eigenvalue weighted by molar-refractivity contribution is 5.84. The van der Waals surface area contributed by atoms with Gasteiger partial charge in [-0.05, 0) is 55.3 Å². The fourth-order valence-corrected chi connectivity index (χ4v) is 2.58. The predicted molar refractivity (Wildman–Crippen MR) is 85.6 cm³/mol. The molecule has 0 aliphatic rings. The first-order chi connectivity index (χ1) is 10.5. The van der Waals surface area contributed by atoms with Crippen molar-refractivity contribution in [3.63, 3.8) is 0 Å². The normalized spacial score (nSPS) is 10.9. The molecule has 112 valence electrons. The van der Waals surface area contributed by atoms with Crippen LogP contribution < -0.4 is 10.2 Å². The van der Waals surface area contributed by atoms with Crippen LogP contribution in [0.3, 0.4) is 0 Å². The van der Waals surface area contributed by atoms with Gasteiger partial charge in [-0.2, -0.15) is 0 Å². The highest BCUT2D eigenvalue weighted by Crippen LogP contribution is 2.32. The maximum atomic E-state index is 12.4. The van der Waals surface area contributed by atoms with Crippen LogP contribution in [0, 0.1) is 13.8 Å². The Labute approximate surface area is 127 Å². The summed E-state index contributed by atoms with van der Waals surface area (Å²) in [7, 11) is 1.58. The molecule has 22 heavy (non-hydrogen) atoms. The summed E-state index contributed by atoms with van der Waals surface area (Å²) in [6, 6.07) is 10.7. The molecule has 0 atom stereocenters. The summed E-state index contributed by atoms with van der Waals surface area (Å²) in [6.45, 7) is 3.79. The van der Waals surface area contributed by atoms with Gasteiger partial charge in [0.15, 0.2) is 5.76 Å². The zero-order valence-electron chi connectivity index (χ0n) is 12.6. The summed E-state index contributed by atoms with van der Waals surface area (Å²) in [4.78, 5) is 12.4. The van der Waals surface area contributed by atoms with Crippen LogP contribution >= 0.6 is 0 Å². The largest absolute Gasteiger partial charge is 0.502 e. The van der Waals surface area contributed by atoms with Crippen molar-refractivity contribution < 1.29 is 14.3 Å². The Hall–Kier alpha value is -2.75. The Morgan fingerprint density at radius 3 is 2.41 bits per heavy atom. The summed E-state index contributed by atoms with van der Waals surface area (Å²) in [6.07, 6.45) is 0. The minimum atomic E-state index is -0.418. The van der Waals surface area contributed by atoms with Crippen LogP contribution in [-0.4, -0.2) is 12.2 Å². The zero-order chi connectivity index (χ0) is 15.9. The van der Waals surface area contributed by atoms with Crippen molar-refractivity contribution in [1.82, 2.24) is 0 Å². The Morgan fingerprint density at radius 2 is 1.77 bits per heavy atom.